The van der Waals surface area contributed by atoms with Gasteiger partial charge >= 0.3 is 5.97 Å². The van der Waals surface area contributed by atoms with Gasteiger partial charge in [0, 0.05) is 42.6 Å². The van der Waals surface area contributed by atoms with Gasteiger partial charge in [0.05, 0.1) is 18.2 Å². The topological polar surface area (TPSA) is 61.9 Å². The Bertz CT molecular complexity index is 1050. The minimum Gasteiger partial charge on any atom is -0.459 e. The summed E-state index contributed by atoms with van der Waals surface area (Å²) in [5.74, 6) is -0.804. The van der Waals surface area contributed by atoms with Crippen LogP contribution in [0.1, 0.15) is 53.1 Å². The summed E-state index contributed by atoms with van der Waals surface area (Å²) in [4.78, 5) is 31.2. The lowest BCUT2D eigenvalue weighted by Gasteiger charge is -2.34. The van der Waals surface area contributed by atoms with Gasteiger partial charge in [-0.2, -0.15) is 0 Å². The number of nitrogens with one attached hydrogen (secondary N) is 1. The van der Waals surface area contributed by atoms with Crippen molar-refractivity contribution in [3.05, 3.63) is 50.6 Å². The first-order valence-corrected chi connectivity index (χ1v) is 13.0. The van der Waals surface area contributed by atoms with Gasteiger partial charge in [-0.15, -0.1) is 11.3 Å². The highest BCUT2D eigenvalue weighted by Crippen LogP contribution is 2.38. The monoisotopic (exact) mass is 507 g/mol. The molecule has 2 heterocycles. The molecule has 184 valence electrons. The van der Waals surface area contributed by atoms with Crippen LogP contribution < -0.4 is 5.32 Å². The number of ether oxygens (including phenoxy) is 1. The predicted molar refractivity (Wildman–Crippen MR) is 133 cm³/mol. The van der Waals surface area contributed by atoms with Crippen molar-refractivity contribution in [2.24, 2.45) is 0 Å². The number of carbonyl (C=O) groups is 2. The van der Waals surface area contributed by atoms with Crippen LogP contribution in [0.3, 0.4) is 0 Å². The van der Waals surface area contributed by atoms with E-state index in [1.54, 1.807) is 6.07 Å². The van der Waals surface area contributed by atoms with Crippen LogP contribution in [0.5, 0.6) is 0 Å². The molecule has 1 aromatic heterocycles. The largest absolute Gasteiger partial charge is 0.459 e. The number of benzene rings is 1. The molecule has 1 saturated heterocycles. The predicted octanol–water partition coefficient (Wildman–Crippen LogP) is 4.74. The molecule has 0 bridgehead atoms. The molecule has 0 spiro atoms. The molecular weight excluding hydrogens is 477 g/mol. The molecule has 0 saturated carbocycles. The van der Waals surface area contributed by atoms with E-state index in [4.69, 9.17) is 16.3 Å². The Morgan fingerprint density at radius 3 is 2.56 bits per heavy atom. The number of hydrogen-bond donors (Lipinski definition) is 1. The normalized spacial score (nSPS) is 17.0. The van der Waals surface area contributed by atoms with E-state index in [-0.39, 0.29) is 30.3 Å². The van der Waals surface area contributed by atoms with Crippen molar-refractivity contribution in [3.8, 4) is 0 Å². The first kappa shape index (κ1) is 25.1. The van der Waals surface area contributed by atoms with Gasteiger partial charge in [0.15, 0.2) is 0 Å². The number of amides is 1. The van der Waals surface area contributed by atoms with Crippen LogP contribution in [-0.2, 0) is 28.9 Å². The summed E-state index contributed by atoms with van der Waals surface area (Å²) in [5.41, 5.74) is 2.49. The van der Waals surface area contributed by atoms with Crippen LogP contribution in [0.4, 0.5) is 9.39 Å². The lowest BCUT2D eigenvalue weighted by molar-refractivity contribution is -0.117. The van der Waals surface area contributed by atoms with Crippen LogP contribution in [0, 0.1) is 5.82 Å². The van der Waals surface area contributed by atoms with Gasteiger partial charge in [-0.05, 0) is 62.8 Å². The molecular formula is C25H31ClFN3O3S. The Hall–Kier alpha value is -2.00. The van der Waals surface area contributed by atoms with Crippen molar-refractivity contribution in [2.45, 2.75) is 52.2 Å². The summed E-state index contributed by atoms with van der Waals surface area (Å²) in [5, 5.41) is 4.06. The second-order valence-corrected chi connectivity index (χ2v) is 10.7. The van der Waals surface area contributed by atoms with Crippen molar-refractivity contribution in [1.29, 1.82) is 0 Å². The molecule has 9 heteroatoms. The zero-order chi connectivity index (χ0) is 24.2. The third-order valence-corrected chi connectivity index (χ3v) is 7.77. The maximum atomic E-state index is 13.3. The molecule has 1 aliphatic heterocycles. The standard InChI is InChI=1S/C25H31ClFN3O3S/c1-16(2)33-25(32)23-19-5-3-4-6-21(19)34-24(23)28-22(31)15-30-11-9-29(10-12-30)14-17-7-8-18(27)13-20(17)26/h7-8,13,16H,3-6,9-12,14-15H2,1-2H3,(H,28,31). The number of halogens is 2. The maximum absolute atomic E-state index is 13.3. The SMILES string of the molecule is CC(C)OC(=O)c1c(NC(=O)CN2CCN(Cc3ccc(F)cc3Cl)CC2)sc2c1CCCC2. The van der Waals surface area contributed by atoms with Gasteiger partial charge in [0.2, 0.25) is 5.91 Å². The third-order valence-electron chi connectivity index (χ3n) is 6.21. The Kier molecular flexibility index (Phi) is 8.24. The molecule has 0 radical (unpaired) electrons. The van der Waals surface area contributed by atoms with E-state index in [0.717, 1.165) is 63.0 Å². The molecule has 1 amide bonds. The van der Waals surface area contributed by atoms with Crippen molar-refractivity contribution >= 4 is 39.8 Å². The minimum atomic E-state index is -0.349. The smallest absolute Gasteiger partial charge is 0.341 e. The highest BCUT2D eigenvalue weighted by atomic mass is 35.5. The highest BCUT2D eigenvalue weighted by Gasteiger charge is 2.28. The van der Waals surface area contributed by atoms with Gasteiger partial charge in [-0.1, -0.05) is 17.7 Å². The van der Waals surface area contributed by atoms with E-state index < -0.39 is 0 Å². The van der Waals surface area contributed by atoms with E-state index in [2.05, 4.69) is 15.1 Å². The molecule has 0 atom stereocenters. The zero-order valence-corrected chi connectivity index (χ0v) is 21.2. The number of rotatable bonds is 7. The zero-order valence-electron chi connectivity index (χ0n) is 19.7. The van der Waals surface area contributed by atoms with E-state index >= 15 is 0 Å². The van der Waals surface area contributed by atoms with E-state index in [9.17, 15) is 14.0 Å². The maximum Gasteiger partial charge on any atom is 0.341 e. The minimum absolute atomic E-state index is 0.118. The number of fused-ring (bicyclic) bond motifs is 1. The molecule has 4 rings (SSSR count). The number of piperazine rings is 1. The number of esters is 1. The summed E-state index contributed by atoms with van der Waals surface area (Å²) in [6.45, 7) is 7.66. The van der Waals surface area contributed by atoms with Crippen molar-refractivity contribution in [3.63, 3.8) is 0 Å². The number of aryl methyl sites for hydroxylation is 1. The molecule has 1 aromatic carbocycles. The van der Waals surface area contributed by atoms with Crippen molar-refractivity contribution in [2.75, 3.05) is 38.0 Å². The summed E-state index contributed by atoms with van der Waals surface area (Å²) in [6.07, 6.45) is 3.73. The average Bonchev–Trinajstić information content (AvgIpc) is 3.14. The summed E-state index contributed by atoms with van der Waals surface area (Å²) in [7, 11) is 0. The van der Waals surface area contributed by atoms with Crippen molar-refractivity contribution in [1.82, 2.24) is 9.80 Å². The lowest BCUT2D eigenvalue weighted by atomic mass is 9.95. The molecule has 0 unspecified atom stereocenters. The van der Waals surface area contributed by atoms with Crippen LogP contribution in [0.25, 0.3) is 0 Å². The van der Waals surface area contributed by atoms with Gasteiger partial charge in [-0.25, -0.2) is 9.18 Å². The quantitative estimate of drug-likeness (QED) is 0.548. The van der Waals surface area contributed by atoms with Crippen molar-refractivity contribution < 1.29 is 18.7 Å². The first-order valence-electron chi connectivity index (χ1n) is 11.8. The molecule has 34 heavy (non-hydrogen) atoms. The molecule has 2 aromatic rings. The van der Waals surface area contributed by atoms with Crippen LogP contribution in [-0.4, -0.2) is 60.5 Å². The lowest BCUT2D eigenvalue weighted by Crippen LogP contribution is -2.48. The molecule has 1 N–H and O–H groups in total. The van der Waals surface area contributed by atoms with E-state index in [0.29, 0.717) is 22.1 Å². The van der Waals surface area contributed by atoms with Gasteiger partial charge < -0.3 is 10.1 Å². The highest BCUT2D eigenvalue weighted by molar-refractivity contribution is 7.17. The number of nitrogens with zero attached hydrogens (tertiary/aromatic N) is 2. The fourth-order valence-corrected chi connectivity index (χ4v) is 6.03. The summed E-state index contributed by atoms with van der Waals surface area (Å²) in [6, 6.07) is 4.49. The second-order valence-electron chi connectivity index (χ2n) is 9.21. The average molecular weight is 508 g/mol. The van der Waals surface area contributed by atoms with E-state index in [1.807, 2.05) is 13.8 Å². The number of anilines is 1. The number of thiophene rings is 1. The molecule has 1 fully saturated rings. The van der Waals surface area contributed by atoms with Crippen LogP contribution in [0.2, 0.25) is 5.02 Å². The van der Waals surface area contributed by atoms with Gasteiger partial charge in [0.25, 0.3) is 0 Å². The second kappa shape index (κ2) is 11.2. The molecule has 1 aliphatic carbocycles. The molecule has 2 aliphatic rings. The number of hydrogen-bond acceptors (Lipinski definition) is 6. The first-order chi connectivity index (χ1) is 16.3. The fourth-order valence-electron chi connectivity index (χ4n) is 4.51. The summed E-state index contributed by atoms with van der Waals surface area (Å²) >= 11 is 7.67. The Morgan fingerprint density at radius 2 is 1.85 bits per heavy atom. The Labute approximate surface area is 209 Å². The number of carbonyl (C=O) groups excluding carboxylic acids is 2. The Morgan fingerprint density at radius 1 is 1.15 bits per heavy atom. The third kappa shape index (κ3) is 6.16. The van der Waals surface area contributed by atoms with Crippen LogP contribution in [0.15, 0.2) is 18.2 Å². The summed E-state index contributed by atoms with van der Waals surface area (Å²) < 4.78 is 18.8. The molecule has 6 nitrogen and oxygen atoms in total. The van der Waals surface area contributed by atoms with Gasteiger partial charge in [0.1, 0.15) is 10.8 Å². The van der Waals surface area contributed by atoms with Gasteiger partial charge in [-0.3, -0.25) is 14.6 Å². The van der Waals surface area contributed by atoms with E-state index in [1.165, 1.54) is 28.3 Å². The fraction of sp³-hybridized carbons (Fsp3) is 0.520. The Balaban J connectivity index is 1.34. The van der Waals surface area contributed by atoms with Crippen LogP contribution >= 0.6 is 22.9 Å².